The van der Waals surface area contributed by atoms with Crippen LogP contribution < -0.4 is 10.9 Å². The lowest BCUT2D eigenvalue weighted by molar-refractivity contribution is -0.112. The number of benzene rings is 1. The van der Waals surface area contributed by atoms with Gasteiger partial charge < -0.3 is 14.8 Å². The van der Waals surface area contributed by atoms with Crippen LogP contribution in [0.1, 0.15) is 71.7 Å². The summed E-state index contributed by atoms with van der Waals surface area (Å²) in [5.74, 6) is -0.748. The first-order valence-corrected chi connectivity index (χ1v) is 10.1. The minimum absolute atomic E-state index is 0.151. The van der Waals surface area contributed by atoms with Crippen LogP contribution in [0.4, 0.5) is 5.69 Å². The fraction of sp³-hybridized carbons (Fsp3) is 0.391. The van der Waals surface area contributed by atoms with E-state index in [1.165, 1.54) is 0 Å². The first-order chi connectivity index (χ1) is 14.0. The largest absolute Gasteiger partial charge is 0.506 e. The number of fused-ring (bicyclic) bond motifs is 1. The predicted molar refractivity (Wildman–Crippen MR) is 108 cm³/mol. The average Bonchev–Trinajstić information content (AvgIpc) is 3.47. The quantitative estimate of drug-likeness (QED) is 0.818. The van der Waals surface area contributed by atoms with Gasteiger partial charge in [-0.05, 0) is 49.3 Å². The van der Waals surface area contributed by atoms with Gasteiger partial charge in [-0.25, -0.2) is 4.79 Å². The van der Waals surface area contributed by atoms with E-state index >= 15 is 0 Å². The molecule has 1 unspecified atom stereocenters. The minimum Gasteiger partial charge on any atom is -0.506 e. The minimum atomic E-state index is -0.585. The van der Waals surface area contributed by atoms with Crippen molar-refractivity contribution in [2.45, 2.75) is 50.9 Å². The van der Waals surface area contributed by atoms with Crippen LogP contribution in [0, 0.1) is 12.8 Å². The number of carbonyl (C=O) groups excluding carboxylic acids is 2. The number of aromatic hydroxyl groups is 1. The molecule has 1 heterocycles. The first-order valence-electron chi connectivity index (χ1n) is 10.1. The van der Waals surface area contributed by atoms with Gasteiger partial charge in [0.15, 0.2) is 5.78 Å². The number of aryl methyl sites for hydroxylation is 1. The number of amides is 1. The molecule has 0 aliphatic heterocycles. The number of hydrogen-bond acceptors (Lipinski definition) is 5. The highest BCUT2D eigenvalue weighted by Crippen LogP contribution is 2.49. The van der Waals surface area contributed by atoms with E-state index in [2.05, 4.69) is 12.2 Å². The second-order valence-corrected chi connectivity index (χ2v) is 7.92. The Morgan fingerprint density at radius 1 is 1.17 bits per heavy atom. The number of carbonyl (C=O) groups is 2. The van der Waals surface area contributed by atoms with Crippen LogP contribution >= 0.6 is 0 Å². The molecule has 2 aliphatic rings. The third-order valence-corrected chi connectivity index (χ3v) is 5.73. The van der Waals surface area contributed by atoms with E-state index in [1.807, 2.05) is 6.07 Å². The van der Waals surface area contributed by atoms with Gasteiger partial charge >= 0.3 is 5.63 Å². The van der Waals surface area contributed by atoms with Crippen molar-refractivity contribution in [2.75, 3.05) is 5.32 Å². The number of hydrogen-bond donors (Lipinski definition) is 2. The van der Waals surface area contributed by atoms with Gasteiger partial charge in [0.25, 0.3) is 0 Å². The van der Waals surface area contributed by atoms with Crippen LogP contribution in [-0.2, 0) is 11.2 Å². The van der Waals surface area contributed by atoms with Gasteiger partial charge in [-0.3, -0.25) is 9.59 Å². The standard InChI is InChI=1S/C23H24NO5/c1-13(25)24-16-7-5-6-15(12-16)19(14-10-11-14)21-22(27)20-17(26)8-3-2-4-9-18(20)29-23(21)28/h5-7,12,14,19,27H,1-4,8-11H2,(H,24,25). The van der Waals surface area contributed by atoms with Gasteiger partial charge in [0.2, 0.25) is 5.91 Å². The molecule has 0 spiro atoms. The molecule has 2 aromatic rings. The monoisotopic (exact) mass is 394 g/mol. The molecule has 6 heteroatoms. The maximum atomic E-state index is 12.9. The summed E-state index contributed by atoms with van der Waals surface area (Å²) in [4.78, 5) is 36.9. The molecule has 1 aromatic heterocycles. The van der Waals surface area contributed by atoms with Crippen molar-refractivity contribution < 1.29 is 19.1 Å². The van der Waals surface area contributed by atoms with Crippen LogP contribution in [0.3, 0.4) is 0 Å². The summed E-state index contributed by atoms with van der Waals surface area (Å²) < 4.78 is 5.58. The molecule has 2 N–H and O–H groups in total. The van der Waals surface area contributed by atoms with Gasteiger partial charge in [-0.2, -0.15) is 0 Å². The number of Topliss-reactive ketones (excluding diaryl/α,β-unsaturated/α-hetero) is 1. The Morgan fingerprint density at radius 2 is 1.93 bits per heavy atom. The van der Waals surface area contributed by atoms with Crippen molar-refractivity contribution in [3.05, 3.63) is 64.1 Å². The maximum Gasteiger partial charge on any atom is 0.343 e. The molecule has 1 radical (unpaired) electrons. The molecule has 1 fully saturated rings. The Labute approximate surface area is 168 Å². The molecule has 151 valence electrons. The Hall–Kier alpha value is -2.89. The van der Waals surface area contributed by atoms with Crippen LogP contribution in [0.2, 0.25) is 0 Å². The summed E-state index contributed by atoms with van der Waals surface area (Å²) in [6.45, 7) is 3.32. The maximum absolute atomic E-state index is 12.9. The molecule has 4 rings (SSSR count). The van der Waals surface area contributed by atoms with Crippen molar-refractivity contribution in [1.29, 1.82) is 0 Å². The number of ketones is 1. The van der Waals surface area contributed by atoms with Crippen molar-refractivity contribution in [2.24, 2.45) is 5.92 Å². The fourth-order valence-corrected chi connectivity index (χ4v) is 4.27. The molecule has 1 saturated carbocycles. The molecular weight excluding hydrogens is 370 g/mol. The predicted octanol–water partition coefficient (Wildman–Crippen LogP) is 3.96. The Balaban J connectivity index is 1.84. The number of anilines is 1. The lowest BCUT2D eigenvalue weighted by atomic mass is 9.85. The molecular formula is C23H24NO5. The molecule has 1 amide bonds. The number of nitrogens with one attached hydrogen (secondary N) is 1. The van der Waals surface area contributed by atoms with Gasteiger partial charge in [0, 0.05) is 31.4 Å². The van der Waals surface area contributed by atoms with Gasteiger partial charge in [0.1, 0.15) is 11.5 Å². The average molecular weight is 394 g/mol. The highest BCUT2D eigenvalue weighted by atomic mass is 16.4. The summed E-state index contributed by atoms with van der Waals surface area (Å²) in [5, 5.41) is 13.7. The Morgan fingerprint density at radius 3 is 2.66 bits per heavy atom. The highest BCUT2D eigenvalue weighted by molar-refractivity contribution is 6.00. The van der Waals surface area contributed by atoms with Crippen LogP contribution in [0.5, 0.6) is 5.75 Å². The van der Waals surface area contributed by atoms with E-state index in [4.69, 9.17) is 4.42 Å². The summed E-state index contributed by atoms with van der Waals surface area (Å²) in [5.41, 5.74) is 1.10. The van der Waals surface area contributed by atoms with E-state index in [0.717, 1.165) is 37.7 Å². The summed E-state index contributed by atoms with van der Waals surface area (Å²) in [7, 11) is 0. The SMILES string of the molecule is [CH2]C(=O)Nc1cccc(C(c2c(O)c3c(oc2=O)CCCCCC3=O)C2CC2)c1. The lowest BCUT2D eigenvalue weighted by Gasteiger charge is -2.21. The first kappa shape index (κ1) is 19.4. The molecule has 6 nitrogen and oxygen atoms in total. The van der Waals surface area contributed by atoms with Gasteiger partial charge in [-0.1, -0.05) is 18.6 Å². The van der Waals surface area contributed by atoms with Crippen molar-refractivity contribution in [3.8, 4) is 5.75 Å². The summed E-state index contributed by atoms with van der Waals surface area (Å²) in [6.07, 6.45) is 5.13. The van der Waals surface area contributed by atoms with E-state index in [1.54, 1.807) is 18.2 Å². The van der Waals surface area contributed by atoms with Crippen LogP contribution in [-0.4, -0.2) is 16.8 Å². The molecule has 1 aromatic carbocycles. The smallest absolute Gasteiger partial charge is 0.343 e. The van der Waals surface area contributed by atoms with E-state index in [9.17, 15) is 19.5 Å². The Kier molecular flexibility index (Phi) is 5.26. The topological polar surface area (TPSA) is 96.6 Å². The summed E-state index contributed by atoms with van der Waals surface area (Å²) in [6, 6.07) is 7.17. The second kappa shape index (κ2) is 7.85. The normalized spacial score (nSPS) is 17.8. The molecule has 29 heavy (non-hydrogen) atoms. The molecule has 0 saturated heterocycles. The molecule has 2 aliphatic carbocycles. The van der Waals surface area contributed by atoms with Crippen LogP contribution in [0.15, 0.2) is 33.5 Å². The highest BCUT2D eigenvalue weighted by Gasteiger charge is 2.39. The van der Waals surface area contributed by atoms with Crippen molar-refractivity contribution >= 4 is 17.4 Å². The third kappa shape index (κ3) is 3.97. The van der Waals surface area contributed by atoms with Gasteiger partial charge in [-0.15, -0.1) is 0 Å². The lowest BCUT2D eigenvalue weighted by Crippen LogP contribution is -2.21. The van der Waals surface area contributed by atoms with Gasteiger partial charge in [0.05, 0.1) is 11.1 Å². The van der Waals surface area contributed by atoms with E-state index in [0.29, 0.717) is 24.3 Å². The third-order valence-electron chi connectivity index (χ3n) is 5.73. The number of rotatable bonds is 4. The molecule has 0 bridgehead atoms. The summed E-state index contributed by atoms with van der Waals surface area (Å²) >= 11 is 0. The zero-order valence-electron chi connectivity index (χ0n) is 16.2. The van der Waals surface area contributed by atoms with E-state index < -0.39 is 17.5 Å². The molecule has 1 atom stereocenters. The zero-order chi connectivity index (χ0) is 20.5. The van der Waals surface area contributed by atoms with Crippen molar-refractivity contribution in [3.63, 3.8) is 0 Å². The van der Waals surface area contributed by atoms with Crippen LogP contribution in [0.25, 0.3) is 0 Å². The fourth-order valence-electron chi connectivity index (χ4n) is 4.27. The Bertz CT molecular complexity index is 1020. The van der Waals surface area contributed by atoms with Crippen molar-refractivity contribution in [1.82, 2.24) is 0 Å². The zero-order valence-corrected chi connectivity index (χ0v) is 16.2. The van der Waals surface area contributed by atoms with E-state index in [-0.39, 0.29) is 28.6 Å². The second-order valence-electron chi connectivity index (χ2n) is 7.92.